The monoisotopic (exact) mass is 686 g/mol. The number of benzene rings is 2. The number of pyridine rings is 2. The van der Waals surface area contributed by atoms with Crippen LogP contribution >= 0.6 is 46.4 Å². The van der Waals surface area contributed by atoms with Gasteiger partial charge in [-0.3, -0.25) is 4.79 Å². The number of carbonyl (C=O) groups is 2. The van der Waals surface area contributed by atoms with E-state index < -0.39 is 12.6 Å². The molecule has 0 fully saturated rings. The maximum atomic E-state index is 11.7. The van der Waals surface area contributed by atoms with Crippen LogP contribution < -0.4 is 20.5 Å². The number of halogens is 4. The molecule has 0 unspecified atom stereocenters. The summed E-state index contributed by atoms with van der Waals surface area (Å²) in [4.78, 5) is 29.7. The molecular formula is C31H38Cl4N4O5. The molecule has 44 heavy (non-hydrogen) atoms. The summed E-state index contributed by atoms with van der Waals surface area (Å²) in [5.41, 5.74) is 7.51. The lowest BCUT2D eigenvalue weighted by molar-refractivity contribution is -0.139. The number of carboxylic acid groups (broad SMARTS) is 1. The van der Waals surface area contributed by atoms with E-state index in [1.165, 1.54) is 12.1 Å². The third-order valence-electron chi connectivity index (χ3n) is 4.62. The van der Waals surface area contributed by atoms with Gasteiger partial charge in [0.2, 0.25) is 0 Å². The predicted molar refractivity (Wildman–Crippen MR) is 183 cm³/mol. The van der Waals surface area contributed by atoms with Gasteiger partial charge in [0, 0.05) is 22.4 Å². The van der Waals surface area contributed by atoms with E-state index in [1.54, 1.807) is 42.7 Å². The zero-order chi connectivity index (χ0) is 30.4. The second-order valence-corrected chi connectivity index (χ2v) is 9.83. The fourth-order valence-corrected chi connectivity index (χ4v) is 3.74. The Hall–Kier alpha value is -3.76. The second-order valence-electron chi connectivity index (χ2n) is 8.15. The third-order valence-corrected chi connectivity index (χ3v) is 5.68. The highest BCUT2D eigenvalue weighted by atomic mass is 35.5. The van der Waals surface area contributed by atoms with Crippen molar-refractivity contribution >= 4 is 69.9 Å². The largest absolute Gasteiger partial charge is 0.482 e. The summed E-state index contributed by atoms with van der Waals surface area (Å²) in [5, 5.41) is 12.6. The highest BCUT2D eigenvalue weighted by molar-refractivity contribution is 6.36. The van der Waals surface area contributed by atoms with E-state index in [4.69, 9.17) is 66.7 Å². The number of hydrogen-bond donors (Lipinski definition) is 3. The van der Waals surface area contributed by atoms with Crippen LogP contribution in [0.2, 0.25) is 20.1 Å². The molecule has 4 N–H and O–H groups in total. The van der Waals surface area contributed by atoms with Crippen molar-refractivity contribution in [1.82, 2.24) is 9.97 Å². The average molecular weight is 688 g/mol. The van der Waals surface area contributed by atoms with E-state index in [0.717, 1.165) is 11.1 Å². The predicted octanol–water partition coefficient (Wildman–Crippen LogP) is 9.05. The number of aromatic nitrogens is 2. The first kappa shape index (κ1) is 42.4. The van der Waals surface area contributed by atoms with Crippen LogP contribution in [0.4, 0.5) is 11.6 Å². The van der Waals surface area contributed by atoms with Crippen molar-refractivity contribution in [2.24, 2.45) is 0 Å². The van der Waals surface area contributed by atoms with Crippen molar-refractivity contribution in [2.75, 3.05) is 24.3 Å². The Morgan fingerprint density at radius 2 is 1.23 bits per heavy atom. The van der Waals surface area contributed by atoms with Crippen LogP contribution in [0.5, 0.6) is 11.5 Å². The van der Waals surface area contributed by atoms with E-state index in [9.17, 15) is 9.59 Å². The first-order valence-electron chi connectivity index (χ1n) is 11.7. The molecule has 13 heteroatoms. The molecule has 0 saturated heterocycles. The summed E-state index contributed by atoms with van der Waals surface area (Å²) in [6.45, 7) is 3.33. The number of nitrogens with two attached hydrogens (primary N) is 1. The number of aliphatic carboxylic acids is 1. The molecule has 0 aliphatic rings. The van der Waals surface area contributed by atoms with Gasteiger partial charge >= 0.3 is 5.97 Å². The standard InChI is InChI=1S/C14H12Cl2N2O2.C8H6Cl2O3.C6H8N2.3CH4/c1-9-4-5-17-13(6-9)18-14(19)8-20-12-3-2-10(15)7-11(12)16;9-5-1-2-7(6(10)3-5)13-4-8(11)12;1-5-2-3-8-6(7)4-5;;;/h2-7H,8H2,1H3,(H,17,18,19);1-3H,4H2,(H,11,12);2-4H,1H3,(H2,7,8);3*1H4. The minimum atomic E-state index is -1.05. The molecule has 0 aliphatic carbocycles. The zero-order valence-corrected chi connectivity index (χ0v) is 24.9. The Labute approximate surface area is 279 Å². The van der Waals surface area contributed by atoms with Crippen LogP contribution in [-0.2, 0) is 9.59 Å². The minimum absolute atomic E-state index is 0. The van der Waals surface area contributed by atoms with Crippen molar-refractivity contribution in [3.8, 4) is 11.5 Å². The summed E-state index contributed by atoms with van der Waals surface area (Å²) in [5.74, 6) is 0.433. The molecule has 0 atom stereocenters. The lowest BCUT2D eigenvalue weighted by Crippen LogP contribution is -2.20. The molecule has 9 nitrogen and oxygen atoms in total. The van der Waals surface area contributed by atoms with Gasteiger partial charge < -0.3 is 25.6 Å². The van der Waals surface area contributed by atoms with Crippen LogP contribution in [0.15, 0.2) is 73.1 Å². The van der Waals surface area contributed by atoms with Crippen molar-refractivity contribution in [2.45, 2.75) is 36.1 Å². The molecule has 0 saturated carbocycles. The van der Waals surface area contributed by atoms with E-state index in [-0.39, 0.29) is 34.8 Å². The number of carbonyl (C=O) groups excluding carboxylic acids is 1. The Morgan fingerprint density at radius 3 is 1.64 bits per heavy atom. The van der Waals surface area contributed by atoms with Gasteiger partial charge in [-0.25, -0.2) is 14.8 Å². The molecule has 4 aromatic rings. The number of nitrogens with zero attached hydrogens (tertiary/aromatic N) is 2. The summed E-state index contributed by atoms with van der Waals surface area (Å²) < 4.78 is 10.2. The Bertz CT molecular complexity index is 1460. The molecular weight excluding hydrogens is 650 g/mol. The quantitative estimate of drug-likeness (QED) is 0.175. The topological polar surface area (TPSA) is 137 Å². The Kier molecular flexibility index (Phi) is 21.0. The average Bonchev–Trinajstić information content (AvgIpc) is 2.88. The summed E-state index contributed by atoms with van der Waals surface area (Å²) >= 11 is 23.0. The SMILES string of the molecule is C.C.C.Cc1ccnc(N)c1.Cc1ccnc(NC(=O)COc2ccc(Cl)cc2Cl)c1.O=C(O)COc1ccc(Cl)cc1Cl. The molecule has 0 bridgehead atoms. The number of rotatable bonds is 7. The molecule has 4 rings (SSSR count). The van der Waals surface area contributed by atoms with Gasteiger partial charge in [0.25, 0.3) is 5.91 Å². The van der Waals surface area contributed by atoms with Gasteiger partial charge in [0.15, 0.2) is 13.2 Å². The summed E-state index contributed by atoms with van der Waals surface area (Å²) in [6.07, 6.45) is 3.33. The van der Waals surface area contributed by atoms with Crippen LogP contribution in [0.1, 0.15) is 33.4 Å². The van der Waals surface area contributed by atoms with Crippen LogP contribution in [-0.4, -0.2) is 40.2 Å². The number of nitrogen functional groups attached to an aromatic ring is 1. The van der Waals surface area contributed by atoms with Crippen molar-refractivity contribution in [1.29, 1.82) is 0 Å². The fraction of sp³-hybridized carbons (Fsp3) is 0.226. The Morgan fingerprint density at radius 1 is 0.750 bits per heavy atom. The van der Waals surface area contributed by atoms with Gasteiger partial charge in [-0.1, -0.05) is 68.7 Å². The third kappa shape index (κ3) is 16.8. The van der Waals surface area contributed by atoms with Gasteiger partial charge in [-0.15, -0.1) is 0 Å². The number of amides is 1. The van der Waals surface area contributed by atoms with Crippen LogP contribution in [0.25, 0.3) is 0 Å². The van der Waals surface area contributed by atoms with E-state index in [1.807, 2.05) is 32.0 Å². The van der Waals surface area contributed by atoms with Crippen molar-refractivity contribution < 1.29 is 24.2 Å². The summed E-state index contributed by atoms with van der Waals surface area (Å²) in [7, 11) is 0. The van der Waals surface area contributed by atoms with Gasteiger partial charge in [0.05, 0.1) is 10.0 Å². The summed E-state index contributed by atoms with van der Waals surface area (Å²) in [6, 6.07) is 16.8. The van der Waals surface area contributed by atoms with Crippen LogP contribution in [0, 0.1) is 13.8 Å². The minimum Gasteiger partial charge on any atom is -0.482 e. The van der Waals surface area contributed by atoms with Crippen LogP contribution in [0.3, 0.4) is 0 Å². The molecule has 0 radical (unpaired) electrons. The lowest BCUT2D eigenvalue weighted by atomic mass is 10.3. The first-order valence-corrected chi connectivity index (χ1v) is 13.2. The Balaban J connectivity index is 0. The molecule has 2 aromatic heterocycles. The highest BCUT2D eigenvalue weighted by Crippen LogP contribution is 2.28. The van der Waals surface area contributed by atoms with Crippen molar-refractivity contribution in [3.63, 3.8) is 0 Å². The second kappa shape index (κ2) is 21.9. The zero-order valence-electron chi connectivity index (χ0n) is 21.9. The molecule has 0 spiro atoms. The smallest absolute Gasteiger partial charge is 0.341 e. The van der Waals surface area contributed by atoms with E-state index in [2.05, 4.69) is 15.3 Å². The molecule has 0 aliphatic heterocycles. The maximum Gasteiger partial charge on any atom is 0.341 e. The fourth-order valence-electron chi connectivity index (χ4n) is 2.81. The van der Waals surface area contributed by atoms with Gasteiger partial charge in [-0.05, 0) is 85.6 Å². The molecule has 2 heterocycles. The van der Waals surface area contributed by atoms with Gasteiger partial charge in [-0.2, -0.15) is 0 Å². The van der Waals surface area contributed by atoms with E-state index in [0.29, 0.717) is 43.2 Å². The van der Waals surface area contributed by atoms with E-state index >= 15 is 0 Å². The first-order chi connectivity index (χ1) is 19.4. The number of ether oxygens (including phenoxy) is 2. The normalized spacial score (nSPS) is 9.14. The number of hydrogen-bond acceptors (Lipinski definition) is 7. The number of anilines is 2. The van der Waals surface area contributed by atoms with Gasteiger partial charge in [0.1, 0.15) is 23.1 Å². The molecule has 2 aromatic carbocycles. The lowest BCUT2D eigenvalue weighted by Gasteiger charge is -2.08. The number of carboxylic acids is 1. The molecule has 1 amide bonds. The highest BCUT2D eigenvalue weighted by Gasteiger charge is 2.08. The number of aryl methyl sites for hydroxylation is 2. The number of nitrogens with one attached hydrogen (secondary N) is 1. The van der Waals surface area contributed by atoms with Crippen molar-refractivity contribution in [3.05, 3.63) is 104 Å². The maximum absolute atomic E-state index is 11.7. The molecule has 240 valence electrons.